The van der Waals surface area contributed by atoms with Gasteiger partial charge >= 0.3 is 0 Å². The fourth-order valence-electron chi connectivity index (χ4n) is 0.919. The third kappa shape index (κ3) is 3.70. The van der Waals surface area contributed by atoms with Gasteiger partial charge in [0.25, 0.3) is 0 Å². The third-order valence-corrected chi connectivity index (χ3v) is 3.64. The van der Waals surface area contributed by atoms with E-state index in [4.69, 9.17) is 28.9 Å². The quantitative estimate of drug-likeness (QED) is 0.825. The Hall–Kier alpha value is 0.110. The molecule has 0 spiro atoms. The zero-order valence-electron chi connectivity index (χ0n) is 8.13. The number of benzene rings is 1. The normalized spacial score (nSPS) is 15.2. The highest BCUT2D eigenvalue weighted by Gasteiger charge is 2.09. The first-order valence-corrected chi connectivity index (χ1v) is 6.01. The number of nitrogens with two attached hydrogens (primary N) is 1. The number of hydrogen-bond donors (Lipinski definition) is 1. The number of halogens is 2. The summed E-state index contributed by atoms with van der Waals surface area (Å²) in [4.78, 5) is 1.06. The van der Waals surface area contributed by atoms with Crippen LogP contribution < -0.4 is 5.73 Å². The highest BCUT2D eigenvalue weighted by molar-refractivity contribution is 8.00. The Labute approximate surface area is 99.0 Å². The molecule has 78 valence electrons. The summed E-state index contributed by atoms with van der Waals surface area (Å²) in [7, 11) is 0. The minimum absolute atomic E-state index is 0.151. The van der Waals surface area contributed by atoms with E-state index in [0.717, 1.165) is 4.90 Å². The van der Waals surface area contributed by atoms with Gasteiger partial charge in [0.2, 0.25) is 0 Å². The van der Waals surface area contributed by atoms with Crippen LogP contribution in [0.25, 0.3) is 0 Å². The number of thioether (sulfide) groups is 1. The largest absolute Gasteiger partial charge is 0.327 e. The lowest BCUT2D eigenvalue weighted by molar-refractivity contribution is 0.731. The van der Waals surface area contributed by atoms with E-state index in [0.29, 0.717) is 15.3 Å². The van der Waals surface area contributed by atoms with E-state index in [1.807, 2.05) is 19.1 Å². The van der Waals surface area contributed by atoms with Crippen LogP contribution in [0.2, 0.25) is 10.0 Å². The molecule has 0 radical (unpaired) electrons. The van der Waals surface area contributed by atoms with Gasteiger partial charge in [-0.1, -0.05) is 30.1 Å². The highest BCUT2D eigenvalue weighted by Crippen LogP contribution is 2.29. The summed E-state index contributed by atoms with van der Waals surface area (Å²) in [5.41, 5.74) is 5.77. The fourth-order valence-corrected chi connectivity index (χ4v) is 2.61. The second kappa shape index (κ2) is 5.26. The minimum atomic E-state index is 0.151. The van der Waals surface area contributed by atoms with Gasteiger partial charge in [0.1, 0.15) is 0 Å². The Morgan fingerprint density at radius 1 is 1.14 bits per heavy atom. The Bertz CT molecular complexity index is 295. The van der Waals surface area contributed by atoms with Crippen molar-refractivity contribution >= 4 is 35.0 Å². The molecule has 2 N–H and O–H groups in total. The predicted octanol–water partition coefficient (Wildman–Crippen LogP) is 3.82. The average Bonchev–Trinajstić information content (AvgIpc) is 2.01. The summed E-state index contributed by atoms with van der Waals surface area (Å²) in [5.74, 6) is 0. The maximum absolute atomic E-state index is 5.88. The molecule has 0 aliphatic rings. The minimum Gasteiger partial charge on any atom is -0.327 e. The summed E-state index contributed by atoms with van der Waals surface area (Å²) in [6.07, 6.45) is 0. The van der Waals surface area contributed by atoms with Crippen LogP contribution in [0.1, 0.15) is 13.8 Å². The summed E-state index contributed by atoms with van der Waals surface area (Å²) < 4.78 is 0. The van der Waals surface area contributed by atoms with E-state index in [1.54, 1.807) is 17.8 Å². The highest BCUT2D eigenvalue weighted by atomic mass is 35.5. The fraction of sp³-hybridized carbons (Fsp3) is 0.400. The lowest BCUT2D eigenvalue weighted by atomic mass is 10.3. The Balaban J connectivity index is 2.76. The van der Waals surface area contributed by atoms with Crippen molar-refractivity contribution in [3.8, 4) is 0 Å². The molecule has 0 saturated heterocycles. The first-order valence-electron chi connectivity index (χ1n) is 4.37. The molecular weight excluding hydrogens is 237 g/mol. The molecule has 1 aromatic rings. The lowest BCUT2D eigenvalue weighted by Gasteiger charge is -2.15. The summed E-state index contributed by atoms with van der Waals surface area (Å²) in [5, 5.41) is 1.68. The van der Waals surface area contributed by atoms with Crippen molar-refractivity contribution in [2.75, 3.05) is 0 Å². The van der Waals surface area contributed by atoms with Crippen LogP contribution in [-0.4, -0.2) is 11.3 Å². The van der Waals surface area contributed by atoms with Crippen LogP contribution in [0.3, 0.4) is 0 Å². The van der Waals surface area contributed by atoms with Crippen LogP contribution in [0.15, 0.2) is 23.1 Å². The molecule has 0 aromatic heterocycles. The van der Waals surface area contributed by atoms with E-state index in [2.05, 4.69) is 6.92 Å². The number of hydrogen-bond acceptors (Lipinski definition) is 2. The molecule has 2 unspecified atom stereocenters. The van der Waals surface area contributed by atoms with Gasteiger partial charge in [-0.3, -0.25) is 0 Å². The van der Waals surface area contributed by atoms with Crippen LogP contribution in [0, 0.1) is 0 Å². The van der Waals surface area contributed by atoms with Gasteiger partial charge in [-0.2, -0.15) is 0 Å². The Morgan fingerprint density at radius 2 is 1.64 bits per heavy atom. The summed E-state index contributed by atoms with van der Waals surface area (Å²) in [6.45, 7) is 4.08. The van der Waals surface area contributed by atoms with E-state index in [9.17, 15) is 0 Å². The summed E-state index contributed by atoms with van der Waals surface area (Å²) in [6, 6.07) is 5.68. The smallest absolute Gasteiger partial charge is 0.0431 e. The van der Waals surface area contributed by atoms with Crippen molar-refractivity contribution in [2.24, 2.45) is 5.73 Å². The standard InChI is InChI=1S/C10H13Cl2NS/c1-6(13)7(2)14-10-4-8(11)3-9(12)5-10/h3-7H,13H2,1-2H3. The van der Waals surface area contributed by atoms with Gasteiger partial charge in [0, 0.05) is 26.2 Å². The zero-order valence-corrected chi connectivity index (χ0v) is 10.5. The molecule has 0 heterocycles. The van der Waals surface area contributed by atoms with Gasteiger partial charge in [-0.15, -0.1) is 11.8 Å². The molecule has 14 heavy (non-hydrogen) atoms. The van der Waals surface area contributed by atoms with Crippen molar-refractivity contribution in [3.05, 3.63) is 28.2 Å². The van der Waals surface area contributed by atoms with Crippen molar-refractivity contribution in [2.45, 2.75) is 30.0 Å². The van der Waals surface area contributed by atoms with E-state index >= 15 is 0 Å². The van der Waals surface area contributed by atoms with Crippen LogP contribution in [0.4, 0.5) is 0 Å². The zero-order chi connectivity index (χ0) is 10.7. The summed E-state index contributed by atoms with van der Waals surface area (Å²) >= 11 is 13.5. The average molecular weight is 250 g/mol. The van der Waals surface area contributed by atoms with Gasteiger partial charge < -0.3 is 5.73 Å². The molecule has 2 atom stereocenters. The van der Waals surface area contributed by atoms with Crippen LogP contribution in [-0.2, 0) is 0 Å². The molecule has 1 nitrogen and oxygen atoms in total. The van der Waals surface area contributed by atoms with E-state index < -0.39 is 0 Å². The molecule has 0 saturated carbocycles. The van der Waals surface area contributed by atoms with Gasteiger partial charge in [0.15, 0.2) is 0 Å². The topological polar surface area (TPSA) is 26.0 Å². The predicted molar refractivity (Wildman–Crippen MR) is 65.4 cm³/mol. The monoisotopic (exact) mass is 249 g/mol. The van der Waals surface area contributed by atoms with Crippen molar-refractivity contribution in [1.29, 1.82) is 0 Å². The van der Waals surface area contributed by atoms with Crippen molar-refractivity contribution < 1.29 is 0 Å². The Morgan fingerprint density at radius 3 is 2.07 bits per heavy atom. The van der Waals surface area contributed by atoms with Gasteiger partial charge in [-0.25, -0.2) is 0 Å². The first-order chi connectivity index (χ1) is 6.49. The van der Waals surface area contributed by atoms with Crippen LogP contribution >= 0.6 is 35.0 Å². The van der Waals surface area contributed by atoms with E-state index in [-0.39, 0.29) is 6.04 Å². The molecule has 0 fully saturated rings. The van der Waals surface area contributed by atoms with Gasteiger partial charge in [-0.05, 0) is 25.1 Å². The molecule has 1 rings (SSSR count). The van der Waals surface area contributed by atoms with Crippen LogP contribution in [0.5, 0.6) is 0 Å². The molecule has 1 aromatic carbocycles. The number of rotatable bonds is 3. The molecule has 4 heteroatoms. The van der Waals surface area contributed by atoms with Gasteiger partial charge in [0.05, 0.1) is 0 Å². The van der Waals surface area contributed by atoms with Crippen molar-refractivity contribution in [3.63, 3.8) is 0 Å². The first kappa shape index (κ1) is 12.2. The maximum Gasteiger partial charge on any atom is 0.0431 e. The second-order valence-corrected chi connectivity index (χ2v) is 5.61. The molecule has 0 aliphatic heterocycles. The molecule has 0 bridgehead atoms. The maximum atomic E-state index is 5.88. The molecule has 0 amide bonds. The molecular formula is C10H13Cl2NS. The Kier molecular flexibility index (Phi) is 4.58. The lowest BCUT2D eigenvalue weighted by Crippen LogP contribution is -2.26. The van der Waals surface area contributed by atoms with E-state index in [1.165, 1.54) is 0 Å². The second-order valence-electron chi connectivity index (χ2n) is 3.29. The molecule has 0 aliphatic carbocycles. The van der Waals surface area contributed by atoms with Crippen molar-refractivity contribution in [1.82, 2.24) is 0 Å². The SMILES string of the molecule is CC(N)C(C)Sc1cc(Cl)cc(Cl)c1. The third-order valence-electron chi connectivity index (χ3n) is 1.90.